The Morgan fingerprint density at radius 2 is 1.86 bits per heavy atom. The van der Waals surface area contributed by atoms with Crippen molar-refractivity contribution < 1.29 is 18.0 Å². The average Bonchev–Trinajstić information content (AvgIpc) is 3.47. The maximum Gasteiger partial charge on any atom is 0.261 e. The van der Waals surface area contributed by atoms with Gasteiger partial charge in [-0.3, -0.25) is 9.48 Å². The molecule has 1 aliphatic heterocycles. The second kappa shape index (κ2) is 9.28. The molecule has 0 radical (unpaired) electrons. The smallest absolute Gasteiger partial charge is 0.261 e. The lowest BCUT2D eigenvalue weighted by molar-refractivity contribution is 0.0657. The maximum atomic E-state index is 13.9. The molecule has 1 amide bonds. The Morgan fingerprint density at radius 3 is 2.57 bits per heavy atom. The number of anilines is 2. The van der Waals surface area contributed by atoms with E-state index in [9.17, 15) is 18.0 Å². The van der Waals surface area contributed by atoms with Crippen LogP contribution in [0.25, 0.3) is 0 Å². The summed E-state index contributed by atoms with van der Waals surface area (Å²) in [6.45, 7) is 2.36. The Kier molecular flexibility index (Phi) is 6.02. The van der Waals surface area contributed by atoms with Crippen molar-refractivity contribution in [2.24, 2.45) is 0 Å². The molecular formula is C25H23F3N6O. The van der Waals surface area contributed by atoms with E-state index in [0.29, 0.717) is 12.2 Å². The number of rotatable bonds is 6. The van der Waals surface area contributed by atoms with Crippen LogP contribution in [0.3, 0.4) is 0 Å². The quantitative estimate of drug-likeness (QED) is 0.398. The topological polar surface area (TPSA) is 76.8 Å². The van der Waals surface area contributed by atoms with E-state index >= 15 is 0 Å². The first-order chi connectivity index (χ1) is 16.9. The van der Waals surface area contributed by atoms with Gasteiger partial charge in [0.2, 0.25) is 0 Å². The molecule has 1 aliphatic rings. The highest BCUT2D eigenvalue weighted by Gasteiger charge is 2.36. The molecule has 2 aromatic carbocycles. The number of alkyl halides is 2. The van der Waals surface area contributed by atoms with Gasteiger partial charge in [-0.25, -0.2) is 17.9 Å². The molecule has 7 nitrogen and oxygen atoms in total. The Balaban J connectivity index is 1.35. The number of nitrogens with one attached hydrogen (secondary N) is 2. The van der Waals surface area contributed by atoms with Crippen LogP contribution in [0.15, 0.2) is 67.1 Å². The van der Waals surface area contributed by atoms with Gasteiger partial charge in [-0.05, 0) is 36.6 Å². The van der Waals surface area contributed by atoms with E-state index in [-0.39, 0.29) is 29.7 Å². The Bertz CT molecular complexity index is 1330. The average molecular weight is 480 g/mol. The zero-order valence-electron chi connectivity index (χ0n) is 18.8. The first-order valence-electron chi connectivity index (χ1n) is 11.1. The molecule has 0 saturated carbocycles. The first kappa shape index (κ1) is 22.7. The van der Waals surface area contributed by atoms with Crippen molar-refractivity contribution in [1.29, 1.82) is 0 Å². The van der Waals surface area contributed by atoms with Gasteiger partial charge in [-0.2, -0.15) is 10.2 Å². The fourth-order valence-corrected chi connectivity index (χ4v) is 4.21. The third-order valence-electron chi connectivity index (χ3n) is 6.06. The number of nitrogens with zero attached hydrogens (tertiary/aromatic N) is 4. The molecule has 3 heterocycles. The number of fused-ring (bicyclic) bond motifs is 1. The summed E-state index contributed by atoms with van der Waals surface area (Å²) in [7, 11) is 0. The Hall–Kier alpha value is -4.08. The van der Waals surface area contributed by atoms with Gasteiger partial charge >= 0.3 is 0 Å². The van der Waals surface area contributed by atoms with Gasteiger partial charge in [0.25, 0.3) is 12.3 Å². The minimum absolute atomic E-state index is 0.145. The van der Waals surface area contributed by atoms with Crippen LogP contribution in [0.4, 0.5) is 24.7 Å². The van der Waals surface area contributed by atoms with Crippen LogP contribution in [-0.2, 0) is 6.54 Å². The lowest BCUT2D eigenvalue weighted by Crippen LogP contribution is -2.31. The van der Waals surface area contributed by atoms with Gasteiger partial charge < -0.3 is 10.6 Å². The molecule has 2 aromatic heterocycles. The molecule has 0 saturated heterocycles. The third kappa shape index (κ3) is 4.77. The second-order valence-electron chi connectivity index (χ2n) is 8.60. The summed E-state index contributed by atoms with van der Waals surface area (Å²) in [5.74, 6) is -0.556. The van der Waals surface area contributed by atoms with E-state index in [1.165, 1.54) is 29.2 Å². The largest absolute Gasteiger partial charge is 0.363 e. The van der Waals surface area contributed by atoms with Crippen molar-refractivity contribution in [2.45, 2.75) is 38.4 Å². The molecule has 0 spiro atoms. The van der Waals surface area contributed by atoms with Crippen molar-refractivity contribution in [3.05, 3.63) is 95.2 Å². The Morgan fingerprint density at radius 1 is 1.11 bits per heavy atom. The maximum absolute atomic E-state index is 13.9. The summed E-state index contributed by atoms with van der Waals surface area (Å²) in [5, 5.41) is 14.3. The molecular weight excluding hydrogens is 457 g/mol. The first-order valence-corrected chi connectivity index (χ1v) is 11.1. The summed E-state index contributed by atoms with van der Waals surface area (Å²) in [6, 6.07) is 12.2. The molecule has 0 aliphatic carbocycles. The highest BCUT2D eigenvalue weighted by molar-refractivity contribution is 6.07. The number of hydrogen-bond acceptors (Lipinski definition) is 4. The zero-order chi connectivity index (χ0) is 24.5. The SMILES string of the molecule is Cc1ccc([C@@H]2C[C@H](C(F)F)n3ncc(C(=O)Nc4cnn(Cc5ccc(F)cc5)c4)c3N2)cc1. The molecule has 35 heavy (non-hydrogen) atoms. The van der Waals surface area contributed by atoms with Crippen molar-refractivity contribution in [1.82, 2.24) is 19.6 Å². The predicted molar refractivity (Wildman–Crippen MR) is 125 cm³/mol. The monoisotopic (exact) mass is 480 g/mol. The minimum atomic E-state index is -2.63. The summed E-state index contributed by atoms with van der Waals surface area (Å²) in [6.07, 6.45) is 1.94. The number of halogens is 3. The fraction of sp³-hybridized carbons (Fsp3) is 0.240. The number of carbonyl (C=O) groups is 1. The molecule has 2 atom stereocenters. The Labute approximate surface area is 199 Å². The van der Waals surface area contributed by atoms with Gasteiger partial charge in [-0.15, -0.1) is 0 Å². The zero-order valence-corrected chi connectivity index (χ0v) is 18.8. The summed E-state index contributed by atoms with van der Waals surface area (Å²) in [4.78, 5) is 13.0. The second-order valence-corrected chi connectivity index (χ2v) is 8.60. The van der Waals surface area contributed by atoms with E-state index in [1.807, 2.05) is 31.2 Å². The van der Waals surface area contributed by atoms with Crippen LogP contribution in [0.2, 0.25) is 0 Å². The summed E-state index contributed by atoms with van der Waals surface area (Å²) >= 11 is 0. The van der Waals surface area contributed by atoms with Crippen molar-refractivity contribution in [3.63, 3.8) is 0 Å². The third-order valence-corrected chi connectivity index (χ3v) is 6.06. The van der Waals surface area contributed by atoms with Crippen molar-refractivity contribution in [3.8, 4) is 0 Å². The number of benzene rings is 2. The van der Waals surface area contributed by atoms with Crippen LogP contribution < -0.4 is 10.6 Å². The fourth-order valence-electron chi connectivity index (χ4n) is 4.21. The molecule has 0 unspecified atom stereocenters. The number of hydrogen-bond donors (Lipinski definition) is 2. The highest BCUT2D eigenvalue weighted by atomic mass is 19.3. The predicted octanol–water partition coefficient (Wildman–Crippen LogP) is 5.19. The number of carbonyl (C=O) groups excluding carboxylic acids is 1. The van der Waals surface area contributed by atoms with E-state index in [2.05, 4.69) is 20.8 Å². The molecule has 0 bridgehead atoms. The van der Waals surface area contributed by atoms with Crippen LogP contribution in [-0.4, -0.2) is 31.9 Å². The lowest BCUT2D eigenvalue weighted by atomic mass is 9.96. The van der Waals surface area contributed by atoms with Gasteiger partial charge in [0.1, 0.15) is 23.2 Å². The molecule has 4 aromatic rings. The van der Waals surface area contributed by atoms with Crippen LogP contribution in [0.1, 0.15) is 45.6 Å². The minimum Gasteiger partial charge on any atom is -0.363 e. The van der Waals surface area contributed by atoms with Crippen molar-refractivity contribution in [2.75, 3.05) is 10.6 Å². The number of aromatic nitrogens is 4. The number of aryl methyl sites for hydroxylation is 1. The van der Waals surface area contributed by atoms with Crippen molar-refractivity contribution >= 4 is 17.4 Å². The molecule has 10 heteroatoms. The van der Waals surface area contributed by atoms with Gasteiger partial charge in [0.15, 0.2) is 0 Å². The van der Waals surface area contributed by atoms with Gasteiger partial charge in [0.05, 0.1) is 30.7 Å². The molecule has 5 rings (SSSR count). The van der Waals surface area contributed by atoms with E-state index in [4.69, 9.17) is 0 Å². The van der Waals surface area contributed by atoms with Crippen LogP contribution >= 0.6 is 0 Å². The molecule has 0 fully saturated rings. The van der Waals surface area contributed by atoms with Crippen LogP contribution in [0.5, 0.6) is 0 Å². The highest BCUT2D eigenvalue weighted by Crippen LogP contribution is 2.39. The molecule has 180 valence electrons. The van der Waals surface area contributed by atoms with E-state index < -0.39 is 18.4 Å². The van der Waals surface area contributed by atoms with E-state index in [0.717, 1.165) is 16.7 Å². The lowest BCUT2D eigenvalue weighted by Gasteiger charge is -2.32. The van der Waals surface area contributed by atoms with E-state index in [1.54, 1.807) is 23.0 Å². The number of amides is 1. The normalized spacial score (nSPS) is 17.2. The molecule has 2 N–H and O–H groups in total. The van der Waals surface area contributed by atoms with Gasteiger partial charge in [-0.1, -0.05) is 42.0 Å². The standard InChI is InChI=1S/C25H23F3N6O/c1-15-2-6-17(7-3-15)21-10-22(23(27)28)34-24(32-21)20(12-30-34)25(35)31-19-11-29-33(14-19)13-16-4-8-18(26)9-5-16/h2-9,11-12,14,21-23,32H,10,13H2,1H3,(H,31,35)/t21-,22+/m0/s1. The van der Waals surface area contributed by atoms with Gasteiger partial charge in [0, 0.05) is 6.20 Å². The summed E-state index contributed by atoms with van der Waals surface area (Å²) < 4.78 is 43.7. The summed E-state index contributed by atoms with van der Waals surface area (Å²) in [5.41, 5.74) is 3.39. The van der Waals surface area contributed by atoms with Crippen LogP contribution in [0, 0.1) is 12.7 Å².